The molecule has 0 aliphatic heterocycles. The van der Waals surface area contributed by atoms with Crippen LogP contribution in [0.1, 0.15) is 12.5 Å². The summed E-state index contributed by atoms with van der Waals surface area (Å²) < 4.78 is 0. The quantitative estimate of drug-likeness (QED) is 0.527. The first kappa shape index (κ1) is 12.6. The van der Waals surface area contributed by atoms with Gasteiger partial charge >= 0.3 is 0 Å². The highest BCUT2D eigenvalue weighted by molar-refractivity contribution is 9.10. The number of carbonyl (C=O) groups excluding carboxylic acids is 1. The molecule has 1 N–H and O–H groups in total. The van der Waals surface area contributed by atoms with Gasteiger partial charge in [-0.15, -0.1) is 0 Å². The fraction of sp³-hybridized carbons (Fsp3) is 0.300. The molecule has 0 saturated heterocycles. The third kappa shape index (κ3) is 3.03. The molecule has 5 nitrogen and oxygen atoms in total. The third-order valence-electron chi connectivity index (χ3n) is 1.97. The fourth-order valence-corrected chi connectivity index (χ4v) is 1.26. The Kier molecular flexibility index (Phi) is 4.00. The van der Waals surface area contributed by atoms with Crippen molar-refractivity contribution in [1.29, 1.82) is 0 Å². The molecule has 0 saturated carbocycles. The van der Waals surface area contributed by atoms with Crippen LogP contribution in [-0.4, -0.2) is 15.7 Å². The Morgan fingerprint density at radius 3 is 2.69 bits per heavy atom. The Morgan fingerprint density at radius 2 is 2.19 bits per heavy atom. The maximum Gasteiger partial charge on any atom is 0.292 e. The van der Waals surface area contributed by atoms with Gasteiger partial charge in [0.15, 0.2) is 0 Å². The highest BCUT2D eigenvalue weighted by Crippen LogP contribution is 2.25. The van der Waals surface area contributed by atoms with Crippen molar-refractivity contribution in [2.24, 2.45) is 0 Å². The van der Waals surface area contributed by atoms with Crippen molar-refractivity contribution >= 4 is 33.2 Å². The van der Waals surface area contributed by atoms with Gasteiger partial charge in [-0.2, -0.15) is 0 Å². The van der Waals surface area contributed by atoms with Crippen molar-refractivity contribution in [2.75, 3.05) is 5.32 Å². The van der Waals surface area contributed by atoms with Gasteiger partial charge in [0.05, 0.1) is 9.75 Å². The Hall–Kier alpha value is -1.43. The lowest BCUT2D eigenvalue weighted by atomic mass is 10.2. The second-order valence-electron chi connectivity index (χ2n) is 3.38. The largest absolute Gasteiger partial charge is 0.319 e. The number of hydrogen-bond acceptors (Lipinski definition) is 3. The Morgan fingerprint density at radius 1 is 1.56 bits per heavy atom. The average molecular weight is 287 g/mol. The first-order chi connectivity index (χ1) is 7.41. The van der Waals surface area contributed by atoms with E-state index < -0.39 is 9.75 Å². The van der Waals surface area contributed by atoms with E-state index in [4.69, 9.17) is 0 Å². The second-order valence-corrected chi connectivity index (χ2v) is 4.76. The zero-order valence-electron chi connectivity index (χ0n) is 8.86. The number of anilines is 1. The van der Waals surface area contributed by atoms with E-state index in [-0.39, 0.29) is 17.3 Å². The number of halogens is 1. The highest BCUT2D eigenvalue weighted by Gasteiger charge is 2.17. The first-order valence-corrected chi connectivity index (χ1v) is 5.53. The Bertz CT molecular complexity index is 432. The van der Waals surface area contributed by atoms with Gasteiger partial charge in [-0.25, -0.2) is 0 Å². The predicted octanol–water partition coefficient (Wildman–Crippen LogP) is 2.63. The van der Waals surface area contributed by atoms with Gasteiger partial charge in [-0.1, -0.05) is 22.0 Å². The van der Waals surface area contributed by atoms with E-state index in [1.165, 1.54) is 6.07 Å². The molecule has 0 fully saturated rings. The molecule has 1 atom stereocenters. The van der Waals surface area contributed by atoms with Gasteiger partial charge in [0.1, 0.15) is 5.69 Å². The van der Waals surface area contributed by atoms with Crippen molar-refractivity contribution in [3.05, 3.63) is 33.9 Å². The second kappa shape index (κ2) is 5.07. The lowest BCUT2D eigenvalue weighted by molar-refractivity contribution is -0.383. The smallest absolute Gasteiger partial charge is 0.292 e. The number of nitrogens with zero attached hydrogens (tertiary/aromatic N) is 1. The van der Waals surface area contributed by atoms with E-state index in [2.05, 4.69) is 21.2 Å². The number of nitrogens with one attached hydrogen (secondary N) is 1. The summed E-state index contributed by atoms with van der Waals surface area (Å²) in [5, 5.41) is 13.2. The number of rotatable bonds is 3. The molecule has 1 rings (SSSR count). The van der Waals surface area contributed by atoms with Crippen LogP contribution in [0.3, 0.4) is 0 Å². The normalized spacial score (nSPS) is 11.9. The molecule has 0 aliphatic rings. The molecule has 0 radical (unpaired) electrons. The maximum absolute atomic E-state index is 11.4. The van der Waals surface area contributed by atoms with E-state index in [0.29, 0.717) is 0 Å². The van der Waals surface area contributed by atoms with Gasteiger partial charge < -0.3 is 5.32 Å². The van der Waals surface area contributed by atoms with Crippen molar-refractivity contribution in [3.8, 4) is 0 Å². The summed E-state index contributed by atoms with van der Waals surface area (Å²) in [5.74, 6) is -0.311. The summed E-state index contributed by atoms with van der Waals surface area (Å²) in [7, 11) is 0. The van der Waals surface area contributed by atoms with Crippen molar-refractivity contribution in [2.45, 2.75) is 18.7 Å². The number of benzene rings is 1. The fourth-order valence-electron chi connectivity index (χ4n) is 1.14. The summed E-state index contributed by atoms with van der Waals surface area (Å²) in [6, 6.07) is 4.58. The van der Waals surface area contributed by atoms with E-state index >= 15 is 0 Å². The summed E-state index contributed by atoms with van der Waals surface area (Å²) >= 11 is 3.10. The van der Waals surface area contributed by atoms with Crippen LogP contribution in [0.25, 0.3) is 0 Å². The van der Waals surface area contributed by atoms with Crippen molar-refractivity contribution in [1.82, 2.24) is 0 Å². The maximum atomic E-state index is 11.4. The van der Waals surface area contributed by atoms with E-state index in [0.717, 1.165) is 5.56 Å². The molecule has 0 aromatic heterocycles. The predicted molar refractivity (Wildman–Crippen MR) is 64.9 cm³/mol. The van der Waals surface area contributed by atoms with E-state index in [1.807, 2.05) is 0 Å². The Labute approximate surface area is 101 Å². The minimum Gasteiger partial charge on any atom is -0.319 e. The molecule has 16 heavy (non-hydrogen) atoms. The molecule has 6 heteroatoms. The summed E-state index contributed by atoms with van der Waals surface area (Å²) in [5.41, 5.74) is 0.969. The van der Waals surface area contributed by atoms with Crippen LogP contribution in [0.4, 0.5) is 11.4 Å². The standard InChI is InChI=1S/C10H11BrN2O3/c1-6-3-4-9(13(15)16)8(5-6)12-10(14)7(2)11/h3-5,7H,1-2H3,(H,12,14). The number of nitro groups is 1. The van der Waals surface area contributed by atoms with Crippen molar-refractivity contribution in [3.63, 3.8) is 0 Å². The molecule has 1 amide bonds. The van der Waals surface area contributed by atoms with Crippen LogP contribution in [0, 0.1) is 17.0 Å². The highest BCUT2D eigenvalue weighted by atomic mass is 79.9. The molecule has 86 valence electrons. The molecule has 0 heterocycles. The zero-order chi connectivity index (χ0) is 12.3. The average Bonchev–Trinajstić information content (AvgIpc) is 2.16. The summed E-state index contributed by atoms with van der Waals surface area (Å²) in [6.07, 6.45) is 0. The van der Waals surface area contributed by atoms with Gasteiger partial charge in [0.25, 0.3) is 5.69 Å². The van der Waals surface area contributed by atoms with Crippen LogP contribution in [0.5, 0.6) is 0 Å². The summed E-state index contributed by atoms with van der Waals surface area (Å²) in [6.45, 7) is 3.45. The third-order valence-corrected chi connectivity index (χ3v) is 2.38. The molecule has 1 aromatic carbocycles. The van der Waals surface area contributed by atoms with Gasteiger partial charge in [-0.05, 0) is 25.5 Å². The molecule has 1 aromatic rings. The van der Waals surface area contributed by atoms with Crippen LogP contribution in [0.15, 0.2) is 18.2 Å². The van der Waals surface area contributed by atoms with E-state index in [9.17, 15) is 14.9 Å². The topological polar surface area (TPSA) is 72.2 Å². The molecular weight excluding hydrogens is 276 g/mol. The van der Waals surface area contributed by atoms with Crippen LogP contribution in [-0.2, 0) is 4.79 Å². The van der Waals surface area contributed by atoms with Gasteiger partial charge in [0.2, 0.25) is 5.91 Å². The molecule has 1 unspecified atom stereocenters. The summed E-state index contributed by atoms with van der Waals surface area (Å²) in [4.78, 5) is 21.2. The minimum absolute atomic E-state index is 0.105. The number of aryl methyl sites for hydroxylation is 1. The number of amides is 1. The molecule has 0 spiro atoms. The molecule has 0 bridgehead atoms. The number of carbonyl (C=O) groups is 1. The van der Waals surface area contributed by atoms with E-state index in [1.54, 1.807) is 26.0 Å². The van der Waals surface area contributed by atoms with Gasteiger partial charge in [-0.3, -0.25) is 14.9 Å². The van der Waals surface area contributed by atoms with Crippen LogP contribution in [0.2, 0.25) is 0 Å². The monoisotopic (exact) mass is 286 g/mol. The first-order valence-electron chi connectivity index (χ1n) is 4.62. The minimum atomic E-state index is -0.520. The molecular formula is C10H11BrN2O3. The SMILES string of the molecule is Cc1ccc([N+](=O)[O-])c(NC(=O)C(C)Br)c1. The van der Waals surface area contributed by atoms with Crippen LogP contribution < -0.4 is 5.32 Å². The van der Waals surface area contributed by atoms with Crippen molar-refractivity contribution < 1.29 is 9.72 Å². The Balaban J connectivity index is 3.06. The zero-order valence-corrected chi connectivity index (χ0v) is 10.4. The van der Waals surface area contributed by atoms with Gasteiger partial charge in [0, 0.05) is 6.07 Å². The molecule has 0 aliphatic carbocycles. The lowest BCUT2D eigenvalue weighted by Gasteiger charge is -2.07. The lowest BCUT2D eigenvalue weighted by Crippen LogP contribution is -2.20. The number of hydrogen-bond donors (Lipinski definition) is 1. The van der Waals surface area contributed by atoms with Crippen LogP contribution >= 0.6 is 15.9 Å². The number of alkyl halides is 1. The number of nitro benzene ring substituents is 1.